The summed E-state index contributed by atoms with van der Waals surface area (Å²) in [5.74, 6) is 0.362. The van der Waals surface area contributed by atoms with E-state index in [0.717, 1.165) is 23.9 Å². The van der Waals surface area contributed by atoms with Gasteiger partial charge in [0.05, 0.1) is 30.1 Å². The molecule has 29 heavy (non-hydrogen) atoms. The van der Waals surface area contributed by atoms with E-state index >= 15 is 0 Å². The first-order valence-corrected chi connectivity index (χ1v) is 9.33. The first kappa shape index (κ1) is 18.5. The van der Waals surface area contributed by atoms with Gasteiger partial charge in [-0.3, -0.25) is 4.68 Å². The Morgan fingerprint density at radius 2 is 2.31 bits per heavy atom. The summed E-state index contributed by atoms with van der Waals surface area (Å²) in [5, 5.41) is 28.5. The number of allylic oxidation sites excluding steroid dienone is 1. The summed E-state index contributed by atoms with van der Waals surface area (Å²) in [7, 11) is 0. The maximum atomic E-state index is 9.38. The van der Waals surface area contributed by atoms with Crippen LogP contribution in [0.2, 0.25) is 0 Å². The largest absolute Gasteiger partial charge is 0.403 e. The van der Waals surface area contributed by atoms with Gasteiger partial charge in [-0.1, -0.05) is 6.92 Å². The zero-order valence-electron chi connectivity index (χ0n) is 16.1. The minimum absolute atomic E-state index is 0.342. The van der Waals surface area contributed by atoms with Crippen LogP contribution in [0.3, 0.4) is 0 Å². The minimum Gasteiger partial charge on any atom is -0.403 e. The average molecular weight is 390 g/mol. The molecule has 1 aliphatic rings. The highest BCUT2D eigenvalue weighted by Crippen LogP contribution is 2.37. The van der Waals surface area contributed by atoms with Gasteiger partial charge in [-0.05, 0) is 24.1 Å². The van der Waals surface area contributed by atoms with E-state index in [2.05, 4.69) is 38.4 Å². The fourth-order valence-corrected chi connectivity index (χ4v) is 3.57. The highest BCUT2D eigenvalue weighted by atomic mass is 15.4. The third-order valence-corrected chi connectivity index (χ3v) is 5.18. The van der Waals surface area contributed by atoms with Crippen molar-refractivity contribution in [3.05, 3.63) is 48.2 Å². The first-order chi connectivity index (χ1) is 14.1. The molecule has 3 aromatic rings. The summed E-state index contributed by atoms with van der Waals surface area (Å²) in [5.41, 5.74) is 8.32. The van der Waals surface area contributed by atoms with E-state index in [4.69, 9.17) is 11.1 Å². The Morgan fingerprint density at radius 1 is 1.48 bits per heavy atom. The maximum Gasteiger partial charge on any atom is 0.247 e. The number of pyridine rings is 1. The lowest BCUT2D eigenvalue weighted by Crippen LogP contribution is -2.63. The summed E-state index contributed by atoms with van der Waals surface area (Å²) in [6.45, 7) is 3.41. The summed E-state index contributed by atoms with van der Waals surface area (Å²) in [4.78, 5) is 6.72. The van der Waals surface area contributed by atoms with E-state index in [9.17, 15) is 5.26 Å². The van der Waals surface area contributed by atoms with Crippen LogP contribution in [0, 0.1) is 16.7 Å². The van der Waals surface area contributed by atoms with Crippen LogP contribution >= 0.6 is 0 Å². The van der Waals surface area contributed by atoms with Gasteiger partial charge in [0.15, 0.2) is 5.65 Å². The lowest BCUT2D eigenvalue weighted by Gasteiger charge is -2.50. The van der Waals surface area contributed by atoms with Crippen molar-refractivity contribution in [2.45, 2.75) is 25.3 Å². The molecule has 0 saturated carbocycles. The second kappa shape index (κ2) is 7.27. The van der Waals surface area contributed by atoms with Crippen molar-refractivity contribution in [1.29, 1.82) is 10.7 Å². The van der Waals surface area contributed by atoms with Crippen LogP contribution in [0.1, 0.15) is 18.9 Å². The fourth-order valence-electron chi connectivity index (χ4n) is 3.57. The highest BCUT2D eigenvalue weighted by molar-refractivity contribution is 5.80. The Bertz CT molecular complexity index is 1110. The van der Waals surface area contributed by atoms with E-state index in [1.165, 1.54) is 6.20 Å². The SMILES string of the molecule is CCc1cnn(C2(CC#N)CN(c3cccn4nc(N/C(C=N)=C/N)nc34)C2)c1. The van der Waals surface area contributed by atoms with Crippen LogP contribution in [0.25, 0.3) is 5.65 Å². The van der Waals surface area contributed by atoms with Gasteiger partial charge >= 0.3 is 0 Å². The monoisotopic (exact) mass is 390 g/mol. The van der Waals surface area contributed by atoms with Crippen molar-refractivity contribution in [3.8, 4) is 6.07 Å². The number of anilines is 2. The van der Waals surface area contributed by atoms with Crippen LogP contribution in [0.15, 0.2) is 42.6 Å². The molecule has 4 N–H and O–H groups in total. The third kappa shape index (κ3) is 3.16. The number of nitrogens with zero attached hydrogens (tertiary/aromatic N) is 7. The molecule has 3 aromatic heterocycles. The number of aryl methyl sites for hydroxylation is 1. The summed E-state index contributed by atoms with van der Waals surface area (Å²) < 4.78 is 3.62. The van der Waals surface area contributed by atoms with Gasteiger partial charge in [-0.15, -0.1) is 5.10 Å². The van der Waals surface area contributed by atoms with Crippen molar-refractivity contribution in [2.75, 3.05) is 23.3 Å². The molecule has 1 saturated heterocycles. The number of fused-ring (bicyclic) bond motifs is 1. The van der Waals surface area contributed by atoms with E-state index < -0.39 is 0 Å². The molecule has 1 fully saturated rings. The minimum atomic E-state index is -0.342. The molecule has 10 heteroatoms. The van der Waals surface area contributed by atoms with Gasteiger partial charge < -0.3 is 21.4 Å². The molecule has 0 aromatic carbocycles. The van der Waals surface area contributed by atoms with Crippen molar-refractivity contribution >= 4 is 23.5 Å². The lowest BCUT2D eigenvalue weighted by atomic mass is 9.86. The second-order valence-corrected chi connectivity index (χ2v) is 7.05. The Hall–Kier alpha value is -3.87. The smallest absolute Gasteiger partial charge is 0.247 e. The molecule has 1 aliphatic heterocycles. The Kier molecular flexibility index (Phi) is 4.64. The summed E-state index contributed by atoms with van der Waals surface area (Å²) in [6.07, 6.45) is 9.41. The van der Waals surface area contributed by atoms with E-state index in [1.807, 2.05) is 35.4 Å². The molecule has 0 unspecified atom stereocenters. The summed E-state index contributed by atoms with van der Waals surface area (Å²) >= 11 is 0. The predicted octanol–water partition coefficient (Wildman–Crippen LogP) is 1.48. The van der Waals surface area contributed by atoms with E-state index in [-0.39, 0.29) is 5.54 Å². The van der Waals surface area contributed by atoms with E-state index in [0.29, 0.717) is 36.8 Å². The number of hydrogen-bond donors (Lipinski definition) is 3. The van der Waals surface area contributed by atoms with Gasteiger partial charge in [0.2, 0.25) is 5.95 Å². The number of nitrogens with two attached hydrogens (primary N) is 1. The van der Waals surface area contributed by atoms with Gasteiger partial charge in [0, 0.05) is 37.9 Å². The number of rotatable bonds is 7. The van der Waals surface area contributed by atoms with E-state index in [1.54, 1.807) is 4.52 Å². The molecule has 0 spiro atoms. The summed E-state index contributed by atoms with van der Waals surface area (Å²) in [6, 6.07) is 6.21. The Balaban J connectivity index is 1.62. The van der Waals surface area contributed by atoms with Crippen molar-refractivity contribution < 1.29 is 0 Å². The first-order valence-electron chi connectivity index (χ1n) is 9.33. The molecule has 0 radical (unpaired) electrons. The van der Waals surface area contributed by atoms with Crippen LogP contribution < -0.4 is 16.0 Å². The van der Waals surface area contributed by atoms with Crippen LogP contribution in [-0.4, -0.2) is 43.7 Å². The molecule has 0 atom stereocenters. The Labute approximate surface area is 167 Å². The second-order valence-electron chi connectivity index (χ2n) is 7.05. The zero-order chi connectivity index (χ0) is 20.4. The lowest BCUT2D eigenvalue weighted by molar-refractivity contribution is 0.198. The molecular formula is C19H22N10. The quantitative estimate of drug-likeness (QED) is 0.520. The molecule has 4 rings (SSSR count). The van der Waals surface area contributed by atoms with Crippen LogP contribution in [0.4, 0.5) is 11.6 Å². The normalized spacial score (nSPS) is 15.7. The van der Waals surface area contributed by atoms with Gasteiger partial charge in [0.25, 0.3) is 0 Å². The average Bonchev–Trinajstić information content (AvgIpc) is 3.35. The number of aromatic nitrogens is 5. The van der Waals surface area contributed by atoms with Gasteiger partial charge in [-0.25, -0.2) is 4.52 Å². The molecule has 148 valence electrons. The van der Waals surface area contributed by atoms with Gasteiger partial charge in [0.1, 0.15) is 5.54 Å². The molecular weight excluding hydrogens is 368 g/mol. The van der Waals surface area contributed by atoms with Crippen molar-refractivity contribution in [1.82, 2.24) is 24.4 Å². The molecule has 4 heterocycles. The van der Waals surface area contributed by atoms with Gasteiger partial charge in [-0.2, -0.15) is 15.3 Å². The molecule has 0 amide bonds. The predicted molar refractivity (Wildman–Crippen MR) is 110 cm³/mol. The topological polar surface area (TPSA) is 137 Å². The zero-order valence-corrected chi connectivity index (χ0v) is 16.1. The number of nitrogens with one attached hydrogen (secondary N) is 2. The number of nitriles is 1. The van der Waals surface area contributed by atoms with Crippen LogP contribution in [-0.2, 0) is 12.0 Å². The standard InChI is InChI=1S/C19H22N10/c1-2-14-10-23-29(11-14)19(5-6-20)12-27(13-19)16-4-3-7-28-17(16)25-18(26-28)24-15(8-21)9-22/h3-4,7-11,21H,2,5,12-13,22H2,1H3,(H,24,26)/b15-9+,21-8?. The molecule has 0 bridgehead atoms. The van der Waals surface area contributed by atoms with Crippen molar-refractivity contribution in [3.63, 3.8) is 0 Å². The molecule has 0 aliphatic carbocycles. The van der Waals surface area contributed by atoms with Crippen LogP contribution in [0.5, 0.6) is 0 Å². The van der Waals surface area contributed by atoms with Crippen molar-refractivity contribution in [2.24, 2.45) is 5.73 Å². The third-order valence-electron chi connectivity index (χ3n) is 5.18. The molecule has 10 nitrogen and oxygen atoms in total. The maximum absolute atomic E-state index is 9.38. The fraction of sp³-hybridized carbons (Fsp3) is 0.316. The number of hydrogen-bond acceptors (Lipinski definition) is 8. The Morgan fingerprint density at radius 3 is 2.97 bits per heavy atom. The highest BCUT2D eigenvalue weighted by Gasteiger charge is 2.46.